The zero-order chi connectivity index (χ0) is 36.5. The van der Waals surface area contributed by atoms with Crippen molar-refractivity contribution in [2.24, 2.45) is 0 Å². The maximum absolute atomic E-state index is 16.1. The van der Waals surface area contributed by atoms with Crippen LogP contribution in [0.25, 0.3) is 11.3 Å². The number of morpholine rings is 1. The van der Waals surface area contributed by atoms with Crippen LogP contribution in [0.2, 0.25) is 0 Å². The van der Waals surface area contributed by atoms with E-state index >= 15 is 4.39 Å². The standard InChI is InChI=1S/C35H47F4N7O3S/c1-21-17-45(18-22(2)44(21)5)31-15-28(36)25(29-9-10-40-34(43-29)46-19-23(3)49-24(4)20-46)13-30(31)42-33(47)26-16-41-32(14-27(26)35(37,38)39)48-11-12-50(6,7)8/h9-10,13-16,21-24H,11-12,17-20H2,1-8H3,(H,42,47). The van der Waals surface area contributed by atoms with Gasteiger partial charge in [0.1, 0.15) is 5.82 Å². The zero-order valence-corrected chi connectivity index (χ0v) is 30.7. The summed E-state index contributed by atoms with van der Waals surface area (Å²) in [6.07, 6.45) is 3.65. The molecule has 2 aromatic heterocycles. The molecule has 0 radical (unpaired) electrons. The second-order valence-electron chi connectivity index (χ2n) is 14.2. The molecule has 274 valence electrons. The number of ether oxygens (including phenoxy) is 2. The quantitative estimate of drug-likeness (QED) is 0.261. The number of anilines is 3. The minimum absolute atomic E-state index is 0.0570. The summed E-state index contributed by atoms with van der Waals surface area (Å²) in [6, 6.07) is 5.23. The molecule has 1 aromatic carbocycles. The van der Waals surface area contributed by atoms with Crippen LogP contribution < -0.4 is 19.9 Å². The third-order valence-electron chi connectivity index (χ3n) is 9.03. The Morgan fingerprint density at radius 1 is 1.00 bits per heavy atom. The Bertz CT molecular complexity index is 1670. The number of piperazine rings is 1. The van der Waals surface area contributed by atoms with E-state index in [9.17, 15) is 18.0 Å². The van der Waals surface area contributed by atoms with Crippen molar-refractivity contribution in [1.82, 2.24) is 19.9 Å². The topological polar surface area (TPSA) is 96.0 Å². The lowest BCUT2D eigenvalue weighted by atomic mass is 10.0. The van der Waals surface area contributed by atoms with E-state index in [1.807, 2.05) is 44.5 Å². The molecule has 2 aliphatic heterocycles. The van der Waals surface area contributed by atoms with E-state index in [4.69, 9.17) is 9.47 Å². The number of nitrogens with one attached hydrogen (secondary N) is 1. The molecule has 2 fully saturated rings. The monoisotopic (exact) mass is 721 g/mol. The van der Waals surface area contributed by atoms with Crippen molar-refractivity contribution in [1.29, 1.82) is 0 Å². The lowest BCUT2D eigenvalue weighted by Gasteiger charge is -2.44. The fourth-order valence-corrected chi connectivity index (χ4v) is 6.81. The van der Waals surface area contributed by atoms with Crippen molar-refractivity contribution < 1.29 is 31.8 Å². The van der Waals surface area contributed by atoms with E-state index < -0.39 is 39.1 Å². The predicted octanol–water partition coefficient (Wildman–Crippen LogP) is 6.16. The van der Waals surface area contributed by atoms with Crippen LogP contribution in [0.15, 0.2) is 36.7 Å². The molecule has 10 nitrogen and oxygen atoms in total. The van der Waals surface area contributed by atoms with Gasteiger partial charge in [0, 0.05) is 68.0 Å². The van der Waals surface area contributed by atoms with Gasteiger partial charge in [0.15, 0.2) is 0 Å². The van der Waals surface area contributed by atoms with Gasteiger partial charge in [-0.1, -0.05) is 0 Å². The predicted molar refractivity (Wildman–Crippen MR) is 191 cm³/mol. The number of pyridine rings is 1. The Balaban J connectivity index is 1.53. The van der Waals surface area contributed by atoms with Crippen molar-refractivity contribution in [3.8, 4) is 17.1 Å². The first-order chi connectivity index (χ1) is 23.4. The molecule has 3 aromatic rings. The number of carbonyl (C=O) groups excluding carboxylic acids is 1. The lowest BCUT2D eigenvalue weighted by molar-refractivity contribution is -0.138. The minimum atomic E-state index is -4.87. The largest absolute Gasteiger partial charge is 0.477 e. The molecular weight excluding hydrogens is 674 g/mol. The van der Waals surface area contributed by atoms with Gasteiger partial charge in [-0.2, -0.15) is 13.2 Å². The summed E-state index contributed by atoms with van der Waals surface area (Å²) < 4.78 is 70.6. The highest BCUT2D eigenvalue weighted by atomic mass is 32.3. The number of hydrogen-bond donors (Lipinski definition) is 1. The molecule has 2 aliphatic rings. The molecule has 4 atom stereocenters. The van der Waals surface area contributed by atoms with Crippen molar-refractivity contribution in [2.45, 2.75) is 58.2 Å². The summed E-state index contributed by atoms with van der Waals surface area (Å²) >= 11 is 0. The third kappa shape index (κ3) is 8.96. The van der Waals surface area contributed by atoms with Crippen LogP contribution in [-0.2, 0) is 10.9 Å². The summed E-state index contributed by atoms with van der Waals surface area (Å²) in [5, 5.41) is 2.68. The van der Waals surface area contributed by atoms with E-state index in [0.717, 1.165) is 12.3 Å². The van der Waals surface area contributed by atoms with E-state index in [1.54, 1.807) is 6.07 Å². The molecular formula is C35H47F4N7O3S. The van der Waals surface area contributed by atoms with Gasteiger partial charge in [0.05, 0.1) is 47.0 Å². The highest BCUT2D eigenvalue weighted by Crippen LogP contribution is 2.38. The molecule has 4 unspecified atom stereocenters. The average molecular weight is 722 g/mol. The maximum atomic E-state index is 16.1. The van der Waals surface area contributed by atoms with E-state index in [2.05, 4.69) is 43.9 Å². The van der Waals surface area contributed by atoms with E-state index in [0.29, 0.717) is 43.6 Å². The number of nitrogens with zero attached hydrogens (tertiary/aromatic N) is 6. The second kappa shape index (κ2) is 14.9. The molecule has 15 heteroatoms. The van der Waals surface area contributed by atoms with Crippen LogP contribution in [0.3, 0.4) is 0 Å². The Labute approximate surface area is 292 Å². The maximum Gasteiger partial charge on any atom is 0.417 e. The molecule has 0 saturated carbocycles. The number of hydrogen-bond acceptors (Lipinski definition) is 9. The van der Waals surface area contributed by atoms with Gasteiger partial charge in [-0.05, 0) is 71.7 Å². The number of amides is 1. The van der Waals surface area contributed by atoms with Gasteiger partial charge in [0.25, 0.3) is 5.91 Å². The first kappa shape index (κ1) is 37.6. The minimum Gasteiger partial charge on any atom is -0.477 e. The Morgan fingerprint density at radius 3 is 2.28 bits per heavy atom. The SMILES string of the molecule is CC1CN(c2nccc(-c3cc(NC(=O)c4cnc(OCCS(C)(C)C)cc4C(F)(F)F)c(N4CC(C)N(C)C(C)C4)cc3F)n2)CC(C)O1. The van der Waals surface area contributed by atoms with E-state index in [1.165, 1.54) is 18.3 Å². The average Bonchev–Trinajstić information content (AvgIpc) is 3.02. The van der Waals surface area contributed by atoms with Gasteiger partial charge >= 0.3 is 6.18 Å². The van der Waals surface area contributed by atoms with Crippen LogP contribution >= 0.6 is 10.0 Å². The molecule has 0 spiro atoms. The number of likely N-dealkylation sites (N-methyl/N-ethyl adjacent to an activating group) is 1. The van der Waals surface area contributed by atoms with Gasteiger partial charge in [-0.15, -0.1) is 0 Å². The van der Waals surface area contributed by atoms with Crippen molar-refractivity contribution in [3.63, 3.8) is 0 Å². The van der Waals surface area contributed by atoms with Gasteiger partial charge < -0.3 is 24.6 Å². The molecule has 50 heavy (non-hydrogen) atoms. The smallest absolute Gasteiger partial charge is 0.417 e. The van der Waals surface area contributed by atoms with Gasteiger partial charge in [-0.3, -0.25) is 9.69 Å². The van der Waals surface area contributed by atoms with Crippen LogP contribution in [0, 0.1) is 5.82 Å². The molecule has 2 saturated heterocycles. The number of halogens is 4. The third-order valence-corrected chi connectivity index (χ3v) is 10.4. The van der Waals surface area contributed by atoms with Crippen LogP contribution in [0.4, 0.5) is 34.9 Å². The van der Waals surface area contributed by atoms with Crippen molar-refractivity contribution >= 4 is 33.3 Å². The molecule has 5 rings (SSSR count). The Hall–Kier alpha value is -3.69. The summed E-state index contributed by atoms with van der Waals surface area (Å²) in [7, 11) is 1.07. The number of benzene rings is 1. The Kier molecular flexibility index (Phi) is 11.2. The molecule has 0 aliphatic carbocycles. The number of aromatic nitrogens is 3. The van der Waals surface area contributed by atoms with Gasteiger partial charge in [-0.25, -0.2) is 29.4 Å². The zero-order valence-electron chi connectivity index (χ0n) is 29.8. The molecule has 1 N–H and O–H groups in total. The summed E-state index contributed by atoms with van der Waals surface area (Å²) in [5.74, 6) is -0.777. The highest BCUT2D eigenvalue weighted by molar-refractivity contribution is 8.32. The molecule has 0 bridgehead atoms. The van der Waals surface area contributed by atoms with E-state index in [-0.39, 0.29) is 53.7 Å². The number of alkyl halides is 3. The summed E-state index contributed by atoms with van der Waals surface area (Å²) in [5.41, 5.74) is -1.03. The highest BCUT2D eigenvalue weighted by Gasteiger charge is 2.37. The molecule has 1 amide bonds. The first-order valence-corrected chi connectivity index (χ1v) is 19.6. The van der Waals surface area contributed by atoms with Gasteiger partial charge in [0.2, 0.25) is 11.8 Å². The normalized spacial score (nSPS) is 22.4. The first-order valence-electron chi connectivity index (χ1n) is 16.6. The second-order valence-corrected chi connectivity index (χ2v) is 18.8. The van der Waals surface area contributed by atoms with Crippen molar-refractivity contribution in [2.75, 3.05) is 79.5 Å². The summed E-state index contributed by atoms with van der Waals surface area (Å²) in [6.45, 7) is 10.3. The van der Waals surface area contributed by atoms with Crippen LogP contribution in [-0.4, -0.2) is 114 Å². The number of carbonyl (C=O) groups is 1. The Morgan fingerprint density at radius 2 is 1.66 bits per heavy atom. The summed E-state index contributed by atoms with van der Waals surface area (Å²) in [4.78, 5) is 33.0. The van der Waals surface area contributed by atoms with Crippen LogP contribution in [0.1, 0.15) is 43.6 Å². The fourth-order valence-electron chi connectivity index (χ4n) is 6.23. The van der Waals surface area contributed by atoms with Crippen molar-refractivity contribution in [3.05, 3.63) is 53.6 Å². The number of rotatable bonds is 9. The fraction of sp³-hybridized carbons (Fsp3) is 0.543. The lowest BCUT2D eigenvalue weighted by Crippen LogP contribution is -2.55. The molecule has 4 heterocycles. The van der Waals surface area contributed by atoms with Crippen LogP contribution in [0.5, 0.6) is 5.88 Å².